The van der Waals surface area contributed by atoms with Crippen molar-refractivity contribution in [3.63, 3.8) is 0 Å². The molecule has 5 nitrogen and oxygen atoms in total. The first-order valence-corrected chi connectivity index (χ1v) is 6.13. The second kappa shape index (κ2) is 4.51. The summed E-state index contributed by atoms with van der Waals surface area (Å²) < 4.78 is 4.97. The third-order valence-corrected chi connectivity index (χ3v) is 3.81. The van der Waals surface area contributed by atoms with Gasteiger partial charge in [-0.2, -0.15) is 4.98 Å². The van der Waals surface area contributed by atoms with Crippen LogP contribution in [-0.2, 0) is 6.42 Å². The average Bonchev–Trinajstić information content (AvgIpc) is 2.84. The fraction of sp³-hybridized carbons (Fsp3) is 0.818. The summed E-state index contributed by atoms with van der Waals surface area (Å²) in [5, 5.41) is 7.23. The summed E-state index contributed by atoms with van der Waals surface area (Å²) in [6, 6.07) is 0.672. The van der Waals surface area contributed by atoms with E-state index in [2.05, 4.69) is 20.4 Å². The molecule has 3 fully saturated rings. The molecule has 1 aromatic rings. The summed E-state index contributed by atoms with van der Waals surface area (Å²) in [6.45, 7) is 4.75. The van der Waals surface area contributed by atoms with Gasteiger partial charge in [0.25, 0.3) is 0 Å². The first-order chi connectivity index (χ1) is 7.92. The van der Waals surface area contributed by atoms with Gasteiger partial charge in [-0.3, -0.25) is 0 Å². The van der Waals surface area contributed by atoms with Gasteiger partial charge in [0.05, 0.1) is 0 Å². The van der Waals surface area contributed by atoms with Gasteiger partial charge in [0.15, 0.2) is 6.33 Å². The molecule has 5 heteroatoms. The minimum absolute atomic E-state index is 0.672. The molecule has 88 valence electrons. The predicted octanol–water partition coefficient (Wildman–Crippen LogP) is 0.296. The zero-order chi connectivity index (χ0) is 10.8. The van der Waals surface area contributed by atoms with E-state index in [0.29, 0.717) is 6.04 Å². The Balaban J connectivity index is 1.45. The molecule has 1 aromatic heterocycles. The standard InChI is InChI=1S/C11H18N4O/c1(11-13-8-14-16-11)4-12-10-7-15-5-2-9(10)3-6-15/h8-10,12H,1-7H2. The van der Waals surface area contributed by atoms with E-state index in [4.69, 9.17) is 4.52 Å². The number of hydrogen-bond acceptors (Lipinski definition) is 5. The van der Waals surface area contributed by atoms with Crippen molar-refractivity contribution in [2.45, 2.75) is 25.3 Å². The van der Waals surface area contributed by atoms with Crippen molar-refractivity contribution in [1.29, 1.82) is 0 Å². The molecule has 4 heterocycles. The highest BCUT2D eigenvalue weighted by molar-refractivity contribution is 4.91. The lowest BCUT2D eigenvalue weighted by Crippen LogP contribution is -2.56. The van der Waals surface area contributed by atoms with E-state index in [-0.39, 0.29) is 0 Å². The van der Waals surface area contributed by atoms with Crippen LogP contribution in [0.3, 0.4) is 0 Å². The highest BCUT2D eigenvalue weighted by Crippen LogP contribution is 2.27. The predicted molar refractivity (Wildman–Crippen MR) is 59.0 cm³/mol. The molecule has 0 aromatic carbocycles. The summed E-state index contributed by atoms with van der Waals surface area (Å²) in [4.78, 5) is 6.58. The first-order valence-electron chi connectivity index (χ1n) is 6.13. The van der Waals surface area contributed by atoms with Crippen molar-refractivity contribution in [2.24, 2.45) is 5.92 Å². The fourth-order valence-electron chi connectivity index (χ4n) is 2.87. The number of nitrogens with zero attached hydrogens (tertiary/aromatic N) is 3. The van der Waals surface area contributed by atoms with Crippen LogP contribution in [-0.4, -0.2) is 47.3 Å². The van der Waals surface area contributed by atoms with Gasteiger partial charge in [-0.15, -0.1) is 0 Å². The SMILES string of the molecule is c1noc(CCNC2CN3CCC2CC3)n1. The van der Waals surface area contributed by atoms with Gasteiger partial charge in [0.2, 0.25) is 5.89 Å². The van der Waals surface area contributed by atoms with Crippen molar-refractivity contribution in [3.8, 4) is 0 Å². The minimum Gasteiger partial charge on any atom is -0.340 e. The van der Waals surface area contributed by atoms with E-state index in [1.54, 1.807) is 0 Å². The van der Waals surface area contributed by atoms with Crippen molar-refractivity contribution in [2.75, 3.05) is 26.2 Å². The third kappa shape index (κ3) is 2.10. The lowest BCUT2D eigenvalue weighted by atomic mass is 9.84. The van der Waals surface area contributed by atoms with Crippen molar-refractivity contribution >= 4 is 0 Å². The molecule has 1 unspecified atom stereocenters. The molecule has 3 saturated heterocycles. The highest BCUT2D eigenvalue weighted by atomic mass is 16.5. The maximum atomic E-state index is 4.97. The van der Waals surface area contributed by atoms with Gasteiger partial charge in [0.1, 0.15) is 0 Å². The van der Waals surface area contributed by atoms with Gasteiger partial charge in [-0.05, 0) is 31.8 Å². The van der Waals surface area contributed by atoms with E-state index in [1.807, 2.05) is 0 Å². The van der Waals surface area contributed by atoms with E-state index in [0.717, 1.165) is 24.8 Å². The van der Waals surface area contributed by atoms with E-state index >= 15 is 0 Å². The van der Waals surface area contributed by atoms with E-state index in [9.17, 15) is 0 Å². The van der Waals surface area contributed by atoms with E-state index in [1.165, 1.54) is 38.8 Å². The Labute approximate surface area is 95.2 Å². The van der Waals surface area contributed by atoms with Gasteiger partial charge in [-0.1, -0.05) is 5.16 Å². The van der Waals surface area contributed by atoms with Crippen LogP contribution in [0.4, 0.5) is 0 Å². The van der Waals surface area contributed by atoms with Crippen LogP contribution >= 0.6 is 0 Å². The average molecular weight is 222 g/mol. The monoisotopic (exact) mass is 222 g/mol. The maximum Gasteiger partial charge on any atom is 0.227 e. The lowest BCUT2D eigenvalue weighted by Gasteiger charge is -2.45. The van der Waals surface area contributed by atoms with Crippen molar-refractivity contribution in [1.82, 2.24) is 20.4 Å². The highest BCUT2D eigenvalue weighted by Gasteiger charge is 2.33. The summed E-state index contributed by atoms with van der Waals surface area (Å²) in [6.07, 6.45) is 5.02. The van der Waals surface area contributed by atoms with Crippen LogP contribution in [0.25, 0.3) is 0 Å². The molecule has 0 radical (unpaired) electrons. The van der Waals surface area contributed by atoms with Crippen LogP contribution in [0.2, 0.25) is 0 Å². The molecule has 0 aliphatic carbocycles. The number of fused-ring (bicyclic) bond motifs is 3. The Hall–Kier alpha value is -0.940. The molecule has 1 atom stereocenters. The molecule has 16 heavy (non-hydrogen) atoms. The van der Waals surface area contributed by atoms with Crippen LogP contribution in [0.5, 0.6) is 0 Å². The summed E-state index contributed by atoms with van der Waals surface area (Å²) in [5.74, 6) is 1.61. The van der Waals surface area contributed by atoms with Crippen LogP contribution in [0, 0.1) is 5.92 Å². The second-order valence-corrected chi connectivity index (χ2v) is 4.78. The largest absolute Gasteiger partial charge is 0.340 e. The Kier molecular flexibility index (Phi) is 2.88. The molecule has 2 bridgehead atoms. The normalized spacial score (nSPS) is 33.1. The lowest BCUT2D eigenvalue weighted by molar-refractivity contribution is 0.0728. The Morgan fingerprint density at radius 3 is 2.94 bits per heavy atom. The fourth-order valence-corrected chi connectivity index (χ4v) is 2.87. The van der Waals surface area contributed by atoms with Crippen molar-refractivity contribution in [3.05, 3.63) is 12.2 Å². The minimum atomic E-state index is 0.672. The number of piperidine rings is 3. The molecular weight excluding hydrogens is 204 g/mol. The molecule has 0 saturated carbocycles. The summed E-state index contributed by atoms with van der Waals surface area (Å²) >= 11 is 0. The number of aromatic nitrogens is 2. The van der Waals surface area contributed by atoms with Gasteiger partial charge >= 0.3 is 0 Å². The molecule has 3 aliphatic heterocycles. The topological polar surface area (TPSA) is 54.2 Å². The zero-order valence-electron chi connectivity index (χ0n) is 9.43. The van der Waals surface area contributed by atoms with Crippen LogP contribution < -0.4 is 5.32 Å². The molecular formula is C11H18N4O. The molecule has 0 amide bonds. The number of rotatable bonds is 4. The number of nitrogens with one attached hydrogen (secondary N) is 1. The molecule has 3 aliphatic rings. The summed E-state index contributed by atoms with van der Waals surface area (Å²) in [5.41, 5.74) is 0. The van der Waals surface area contributed by atoms with Gasteiger partial charge < -0.3 is 14.7 Å². The Bertz CT molecular complexity index is 319. The van der Waals surface area contributed by atoms with E-state index < -0.39 is 0 Å². The van der Waals surface area contributed by atoms with Gasteiger partial charge in [-0.25, -0.2) is 0 Å². The quantitative estimate of drug-likeness (QED) is 0.794. The Morgan fingerprint density at radius 2 is 2.31 bits per heavy atom. The smallest absolute Gasteiger partial charge is 0.227 e. The van der Waals surface area contributed by atoms with Crippen molar-refractivity contribution < 1.29 is 4.52 Å². The first kappa shape index (κ1) is 10.2. The number of hydrogen-bond donors (Lipinski definition) is 1. The second-order valence-electron chi connectivity index (χ2n) is 4.78. The third-order valence-electron chi connectivity index (χ3n) is 3.81. The zero-order valence-corrected chi connectivity index (χ0v) is 9.43. The van der Waals surface area contributed by atoms with Gasteiger partial charge in [0, 0.05) is 25.6 Å². The molecule has 0 spiro atoms. The molecule has 4 rings (SSSR count). The summed E-state index contributed by atoms with van der Waals surface area (Å²) in [7, 11) is 0. The molecule has 1 N–H and O–H groups in total. The van der Waals surface area contributed by atoms with Crippen LogP contribution in [0.1, 0.15) is 18.7 Å². The maximum absolute atomic E-state index is 4.97. The Morgan fingerprint density at radius 1 is 1.44 bits per heavy atom. The van der Waals surface area contributed by atoms with Crippen LogP contribution in [0.15, 0.2) is 10.9 Å².